The topological polar surface area (TPSA) is 40.6 Å². The van der Waals surface area contributed by atoms with Crippen molar-refractivity contribution < 1.29 is 9.59 Å². The van der Waals surface area contributed by atoms with Crippen LogP contribution in [-0.2, 0) is 6.42 Å². The summed E-state index contributed by atoms with van der Waals surface area (Å²) in [5.41, 5.74) is 2.75. The maximum absolute atomic E-state index is 13.0. The number of unbranched alkanes of at least 4 members (excludes halogenated alkanes) is 1. The molecule has 0 radical (unpaired) electrons. The standard InChI is InChI=1S/C29H32N2O2/c32-28-25-12-6-10-24-11-7-13-26(27(24)25)29(33)31(28)19-5-4-18-30-20-16-23(17-21-30)15-14-22-8-2-1-3-9-22/h1-3,6-13,23H,4-5,14-21H2. The molecule has 5 rings (SSSR count). The summed E-state index contributed by atoms with van der Waals surface area (Å²) in [6.45, 7) is 3.87. The number of piperidine rings is 1. The quantitative estimate of drug-likeness (QED) is 0.340. The van der Waals surface area contributed by atoms with E-state index >= 15 is 0 Å². The molecule has 0 saturated carbocycles. The van der Waals surface area contributed by atoms with Crippen molar-refractivity contribution in [1.29, 1.82) is 0 Å². The molecule has 170 valence electrons. The minimum absolute atomic E-state index is 0.150. The Morgan fingerprint density at radius 2 is 1.36 bits per heavy atom. The molecular weight excluding hydrogens is 408 g/mol. The van der Waals surface area contributed by atoms with Crippen molar-refractivity contribution in [3.8, 4) is 0 Å². The first-order chi connectivity index (χ1) is 16.2. The minimum Gasteiger partial charge on any atom is -0.303 e. The molecule has 4 nitrogen and oxygen atoms in total. The lowest BCUT2D eigenvalue weighted by Crippen LogP contribution is -2.41. The molecule has 0 aromatic heterocycles. The first-order valence-corrected chi connectivity index (χ1v) is 12.3. The Balaban J connectivity index is 1.07. The maximum Gasteiger partial charge on any atom is 0.261 e. The van der Waals surface area contributed by atoms with Crippen molar-refractivity contribution in [3.05, 3.63) is 83.4 Å². The Hall–Kier alpha value is -2.98. The van der Waals surface area contributed by atoms with Gasteiger partial charge in [0.2, 0.25) is 0 Å². The van der Waals surface area contributed by atoms with Gasteiger partial charge < -0.3 is 4.90 Å². The van der Waals surface area contributed by atoms with E-state index in [1.807, 2.05) is 36.4 Å². The summed E-state index contributed by atoms with van der Waals surface area (Å²) in [5.74, 6) is 0.528. The van der Waals surface area contributed by atoms with Gasteiger partial charge in [-0.05, 0) is 87.2 Å². The van der Waals surface area contributed by atoms with Crippen LogP contribution in [0.25, 0.3) is 10.8 Å². The van der Waals surface area contributed by atoms with Crippen molar-refractivity contribution in [3.63, 3.8) is 0 Å². The van der Waals surface area contributed by atoms with Crippen LogP contribution in [0.2, 0.25) is 0 Å². The second-order valence-electron chi connectivity index (χ2n) is 9.49. The Labute approximate surface area is 196 Å². The summed E-state index contributed by atoms with van der Waals surface area (Å²) in [6.07, 6.45) is 6.88. The Bertz CT molecular complexity index is 1080. The molecule has 0 atom stereocenters. The predicted molar refractivity (Wildman–Crippen MR) is 132 cm³/mol. The number of hydrogen-bond donors (Lipinski definition) is 0. The van der Waals surface area contributed by atoms with E-state index in [1.54, 1.807) is 0 Å². The summed E-state index contributed by atoms with van der Waals surface area (Å²) < 4.78 is 0. The van der Waals surface area contributed by atoms with Crippen LogP contribution in [0.1, 0.15) is 58.4 Å². The van der Waals surface area contributed by atoms with E-state index in [9.17, 15) is 9.59 Å². The molecule has 2 aliphatic rings. The number of likely N-dealkylation sites (tertiary alicyclic amines) is 1. The molecule has 2 amide bonds. The largest absolute Gasteiger partial charge is 0.303 e. The smallest absolute Gasteiger partial charge is 0.261 e. The summed E-state index contributed by atoms with van der Waals surface area (Å²) in [6, 6.07) is 22.2. The van der Waals surface area contributed by atoms with Crippen LogP contribution in [0.5, 0.6) is 0 Å². The molecule has 3 aromatic carbocycles. The highest BCUT2D eigenvalue weighted by Gasteiger charge is 2.32. The molecule has 2 aliphatic heterocycles. The fraction of sp³-hybridized carbons (Fsp3) is 0.379. The first kappa shape index (κ1) is 21.8. The van der Waals surface area contributed by atoms with Gasteiger partial charge in [0.05, 0.1) is 0 Å². The van der Waals surface area contributed by atoms with Crippen LogP contribution in [0.15, 0.2) is 66.7 Å². The van der Waals surface area contributed by atoms with E-state index in [-0.39, 0.29) is 11.8 Å². The molecule has 0 unspecified atom stereocenters. The van der Waals surface area contributed by atoms with Gasteiger partial charge in [-0.25, -0.2) is 0 Å². The molecule has 1 saturated heterocycles. The van der Waals surface area contributed by atoms with Crippen LogP contribution in [0.4, 0.5) is 0 Å². The molecule has 0 spiro atoms. The van der Waals surface area contributed by atoms with E-state index in [1.165, 1.54) is 36.1 Å². The highest BCUT2D eigenvalue weighted by Crippen LogP contribution is 2.30. The number of imide groups is 1. The summed E-state index contributed by atoms with van der Waals surface area (Å²) in [5, 5.41) is 1.76. The zero-order valence-corrected chi connectivity index (χ0v) is 19.2. The van der Waals surface area contributed by atoms with Crippen LogP contribution < -0.4 is 0 Å². The lowest BCUT2D eigenvalue weighted by atomic mass is 9.90. The van der Waals surface area contributed by atoms with Crippen molar-refractivity contribution in [2.24, 2.45) is 5.92 Å². The normalized spacial score (nSPS) is 17.2. The second kappa shape index (κ2) is 9.88. The molecule has 4 heteroatoms. The molecule has 0 bridgehead atoms. The number of benzene rings is 3. The molecule has 0 aliphatic carbocycles. The van der Waals surface area contributed by atoms with E-state index in [0.717, 1.165) is 49.2 Å². The average molecular weight is 441 g/mol. The van der Waals surface area contributed by atoms with Crippen molar-refractivity contribution in [1.82, 2.24) is 9.80 Å². The van der Waals surface area contributed by atoms with Crippen LogP contribution in [0, 0.1) is 5.92 Å². The molecule has 0 N–H and O–H groups in total. The number of carbonyl (C=O) groups excluding carboxylic acids is 2. The van der Waals surface area contributed by atoms with E-state index in [4.69, 9.17) is 0 Å². The van der Waals surface area contributed by atoms with Crippen LogP contribution >= 0.6 is 0 Å². The number of amides is 2. The fourth-order valence-corrected chi connectivity index (χ4v) is 5.40. The van der Waals surface area contributed by atoms with E-state index in [2.05, 4.69) is 35.2 Å². The average Bonchev–Trinajstić information content (AvgIpc) is 2.87. The van der Waals surface area contributed by atoms with Gasteiger partial charge >= 0.3 is 0 Å². The van der Waals surface area contributed by atoms with Gasteiger partial charge in [-0.1, -0.05) is 54.6 Å². The molecular formula is C29H32N2O2. The highest BCUT2D eigenvalue weighted by atomic mass is 16.2. The van der Waals surface area contributed by atoms with Crippen LogP contribution in [0.3, 0.4) is 0 Å². The van der Waals surface area contributed by atoms with E-state index in [0.29, 0.717) is 17.7 Å². The number of hydrogen-bond acceptors (Lipinski definition) is 3. The maximum atomic E-state index is 13.0. The third-order valence-corrected chi connectivity index (χ3v) is 7.35. The van der Waals surface area contributed by atoms with Gasteiger partial charge in [0.15, 0.2) is 0 Å². The Morgan fingerprint density at radius 1 is 0.727 bits per heavy atom. The molecule has 1 fully saturated rings. The molecule has 33 heavy (non-hydrogen) atoms. The number of nitrogens with zero attached hydrogens (tertiary/aromatic N) is 2. The van der Waals surface area contributed by atoms with Gasteiger partial charge in [0, 0.05) is 23.1 Å². The Morgan fingerprint density at radius 3 is 2.03 bits per heavy atom. The van der Waals surface area contributed by atoms with Crippen molar-refractivity contribution in [2.45, 2.75) is 38.5 Å². The zero-order valence-electron chi connectivity index (χ0n) is 19.2. The van der Waals surface area contributed by atoms with Crippen molar-refractivity contribution >= 4 is 22.6 Å². The third kappa shape index (κ3) is 4.72. The third-order valence-electron chi connectivity index (χ3n) is 7.35. The van der Waals surface area contributed by atoms with Gasteiger partial charge in [-0.2, -0.15) is 0 Å². The molecule has 2 heterocycles. The summed E-state index contributed by atoms with van der Waals surface area (Å²) in [4.78, 5) is 30.0. The van der Waals surface area contributed by atoms with Gasteiger partial charge in [0.1, 0.15) is 0 Å². The monoisotopic (exact) mass is 440 g/mol. The van der Waals surface area contributed by atoms with E-state index < -0.39 is 0 Å². The highest BCUT2D eigenvalue weighted by molar-refractivity contribution is 6.25. The fourth-order valence-electron chi connectivity index (χ4n) is 5.40. The zero-order chi connectivity index (χ0) is 22.6. The lowest BCUT2D eigenvalue weighted by Gasteiger charge is -2.32. The minimum atomic E-state index is -0.150. The SMILES string of the molecule is O=C1c2cccc3cccc(c23)C(=O)N1CCCCN1CCC(CCc2ccccc2)CC1. The van der Waals surface area contributed by atoms with Gasteiger partial charge in [0.25, 0.3) is 11.8 Å². The Kier molecular flexibility index (Phi) is 6.54. The number of rotatable bonds is 8. The number of aryl methyl sites for hydroxylation is 1. The predicted octanol–water partition coefficient (Wildman–Crippen LogP) is 5.56. The second-order valence-corrected chi connectivity index (χ2v) is 9.49. The number of carbonyl (C=O) groups is 2. The molecule has 3 aromatic rings. The van der Waals surface area contributed by atoms with Crippen molar-refractivity contribution in [2.75, 3.05) is 26.2 Å². The summed E-state index contributed by atoms with van der Waals surface area (Å²) >= 11 is 0. The summed E-state index contributed by atoms with van der Waals surface area (Å²) in [7, 11) is 0. The van der Waals surface area contributed by atoms with Gasteiger partial charge in [-0.15, -0.1) is 0 Å². The lowest BCUT2D eigenvalue weighted by molar-refractivity contribution is 0.0605. The first-order valence-electron chi connectivity index (χ1n) is 12.3. The van der Waals surface area contributed by atoms with Gasteiger partial charge in [-0.3, -0.25) is 14.5 Å². The van der Waals surface area contributed by atoms with Crippen LogP contribution in [-0.4, -0.2) is 47.8 Å².